The lowest BCUT2D eigenvalue weighted by Gasteiger charge is -1.99. The molecule has 1 aliphatic rings. The Hall–Kier alpha value is -0.460. The molecule has 8 heteroatoms. The summed E-state index contributed by atoms with van der Waals surface area (Å²) in [7, 11) is -4.64. The van der Waals surface area contributed by atoms with Gasteiger partial charge in [-0.3, -0.25) is 4.79 Å². The molecule has 0 aromatic heterocycles. The second-order valence-electron chi connectivity index (χ2n) is 2.50. The minimum absolute atomic E-state index is 0.269. The molecule has 0 radical (unpaired) electrons. The zero-order valence-electron chi connectivity index (χ0n) is 6.75. The van der Waals surface area contributed by atoms with Crippen molar-refractivity contribution in [3.8, 4) is 0 Å². The molecule has 0 aromatic rings. The third-order valence-electron chi connectivity index (χ3n) is 1.36. The van der Waals surface area contributed by atoms with Crippen molar-refractivity contribution < 1.29 is 29.1 Å². The molecular formula is C5H12NO6P. The molecule has 0 aromatic carbocycles. The van der Waals surface area contributed by atoms with Crippen molar-refractivity contribution in [2.45, 2.75) is 18.9 Å². The van der Waals surface area contributed by atoms with E-state index in [1.54, 1.807) is 0 Å². The van der Waals surface area contributed by atoms with Gasteiger partial charge in [0, 0.05) is 0 Å². The molecule has 5 N–H and O–H groups in total. The van der Waals surface area contributed by atoms with E-state index in [0.29, 0.717) is 0 Å². The van der Waals surface area contributed by atoms with Crippen LogP contribution in [0.2, 0.25) is 0 Å². The molecule has 78 valence electrons. The van der Waals surface area contributed by atoms with Crippen LogP contribution in [0.1, 0.15) is 12.8 Å². The van der Waals surface area contributed by atoms with E-state index < -0.39 is 13.8 Å². The lowest BCUT2D eigenvalue weighted by atomic mass is 10.2. The molecule has 7 nitrogen and oxygen atoms in total. The van der Waals surface area contributed by atoms with E-state index in [1.807, 2.05) is 0 Å². The summed E-state index contributed by atoms with van der Waals surface area (Å²) in [4.78, 5) is 31.7. The van der Waals surface area contributed by atoms with Gasteiger partial charge in [-0.1, -0.05) is 0 Å². The number of aliphatic carboxylic acids is 1. The molecule has 1 atom stereocenters. The number of phosphoric acid groups is 1. The summed E-state index contributed by atoms with van der Waals surface area (Å²) in [5, 5.41) is 11.2. The Morgan fingerprint density at radius 3 is 2.00 bits per heavy atom. The third kappa shape index (κ3) is 9.45. The minimum atomic E-state index is -4.64. The standard InChI is InChI=1S/C5H9NO2.H3O4P/c7-5(8)4-2-1-3-6-4;1-5(2,3)4/h4,6H,1-3H2,(H,7,8);(H3,1,2,3,4). The maximum Gasteiger partial charge on any atom is 0.466 e. The first kappa shape index (κ1) is 12.5. The van der Waals surface area contributed by atoms with Gasteiger partial charge < -0.3 is 25.1 Å². The summed E-state index contributed by atoms with van der Waals surface area (Å²) in [6.07, 6.45) is 1.78. The van der Waals surface area contributed by atoms with E-state index in [1.165, 1.54) is 0 Å². The van der Waals surface area contributed by atoms with Crippen LogP contribution in [0, 0.1) is 0 Å². The van der Waals surface area contributed by atoms with Crippen LogP contribution in [0.4, 0.5) is 0 Å². The Balaban J connectivity index is 0.000000252. The molecule has 1 fully saturated rings. The number of carboxylic acid groups (broad SMARTS) is 1. The highest BCUT2D eigenvalue weighted by Gasteiger charge is 2.20. The number of rotatable bonds is 1. The van der Waals surface area contributed by atoms with Crippen molar-refractivity contribution in [3.63, 3.8) is 0 Å². The first-order valence-corrected chi connectivity index (χ1v) is 5.11. The number of hydrogen-bond donors (Lipinski definition) is 5. The van der Waals surface area contributed by atoms with Crippen LogP contribution in [0.3, 0.4) is 0 Å². The molecule has 0 saturated carbocycles. The summed E-state index contributed by atoms with van der Waals surface area (Å²) in [6.45, 7) is 0.858. The molecule has 1 heterocycles. The van der Waals surface area contributed by atoms with Crippen molar-refractivity contribution in [3.05, 3.63) is 0 Å². The first-order valence-electron chi connectivity index (χ1n) is 3.55. The molecule has 0 spiro atoms. The van der Waals surface area contributed by atoms with Crippen LogP contribution in [-0.2, 0) is 9.36 Å². The maximum atomic E-state index is 10.1. The fourth-order valence-corrected chi connectivity index (χ4v) is 0.895. The number of carbonyl (C=O) groups is 1. The Labute approximate surface area is 74.6 Å². The molecule has 1 rings (SSSR count). The van der Waals surface area contributed by atoms with Crippen molar-refractivity contribution in [2.24, 2.45) is 0 Å². The predicted molar refractivity (Wildman–Crippen MR) is 42.9 cm³/mol. The maximum absolute atomic E-state index is 10.1. The summed E-state index contributed by atoms with van der Waals surface area (Å²) in [5.41, 5.74) is 0. The van der Waals surface area contributed by atoms with Crippen molar-refractivity contribution in [1.29, 1.82) is 0 Å². The van der Waals surface area contributed by atoms with Gasteiger partial charge in [0.25, 0.3) is 0 Å². The molecule has 1 unspecified atom stereocenters. The van der Waals surface area contributed by atoms with E-state index >= 15 is 0 Å². The Morgan fingerprint density at radius 1 is 1.38 bits per heavy atom. The zero-order valence-corrected chi connectivity index (χ0v) is 7.65. The average molecular weight is 213 g/mol. The van der Waals surface area contributed by atoms with Crippen LogP contribution < -0.4 is 5.32 Å². The van der Waals surface area contributed by atoms with Gasteiger partial charge in [-0.2, -0.15) is 0 Å². The van der Waals surface area contributed by atoms with Crippen LogP contribution in [-0.4, -0.2) is 38.3 Å². The average Bonchev–Trinajstić information content (AvgIpc) is 2.31. The van der Waals surface area contributed by atoms with Gasteiger partial charge in [0.2, 0.25) is 0 Å². The van der Waals surface area contributed by atoms with E-state index in [-0.39, 0.29) is 6.04 Å². The minimum Gasteiger partial charge on any atom is -0.480 e. The normalized spacial score (nSPS) is 21.9. The highest BCUT2D eigenvalue weighted by Crippen LogP contribution is 2.25. The molecule has 1 saturated heterocycles. The fraction of sp³-hybridized carbons (Fsp3) is 0.800. The zero-order chi connectivity index (χ0) is 10.5. The topological polar surface area (TPSA) is 127 Å². The van der Waals surface area contributed by atoms with Gasteiger partial charge >= 0.3 is 13.8 Å². The monoisotopic (exact) mass is 213 g/mol. The lowest BCUT2D eigenvalue weighted by Crippen LogP contribution is -2.29. The van der Waals surface area contributed by atoms with Gasteiger partial charge in [-0.25, -0.2) is 4.57 Å². The summed E-state index contributed by atoms with van der Waals surface area (Å²) in [6, 6.07) is -0.269. The molecule has 0 aliphatic carbocycles. The molecule has 13 heavy (non-hydrogen) atoms. The molecule has 0 bridgehead atoms. The van der Waals surface area contributed by atoms with E-state index in [4.69, 9.17) is 24.4 Å². The highest BCUT2D eigenvalue weighted by molar-refractivity contribution is 7.45. The van der Waals surface area contributed by atoms with Crippen LogP contribution in [0.15, 0.2) is 0 Å². The smallest absolute Gasteiger partial charge is 0.466 e. The summed E-state index contributed by atoms with van der Waals surface area (Å²) >= 11 is 0. The number of hydrogen-bond acceptors (Lipinski definition) is 3. The predicted octanol–water partition coefficient (Wildman–Crippen LogP) is -1.11. The van der Waals surface area contributed by atoms with Crippen LogP contribution in [0.25, 0.3) is 0 Å². The Kier molecular flexibility index (Phi) is 5.12. The van der Waals surface area contributed by atoms with Gasteiger partial charge in [0.15, 0.2) is 0 Å². The summed E-state index contributed by atoms with van der Waals surface area (Å²) < 4.78 is 8.88. The van der Waals surface area contributed by atoms with Gasteiger partial charge in [0.05, 0.1) is 0 Å². The first-order chi connectivity index (χ1) is 5.80. The molecule has 1 aliphatic heterocycles. The fourth-order valence-electron chi connectivity index (χ4n) is 0.895. The van der Waals surface area contributed by atoms with E-state index in [9.17, 15) is 4.79 Å². The second kappa shape index (κ2) is 5.31. The van der Waals surface area contributed by atoms with Crippen molar-refractivity contribution >= 4 is 13.8 Å². The Bertz CT molecular complexity index is 199. The largest absolute Gasteiger partial charge is 0.480 e. The SMILES string of the molecule is O=C(O)C1CCCN1.O=P(O)(O)O. The van der Waals surface area contributed by atoms with Crippen molar-refractivity contribution in [1.82, 2.24) is 5.32 Å². The van der Waals surface area contributed by atoms with Crippen LogP contribution in [0.5, 0.6) is 0 Å². The highest BCUT2D eigenvalue weighted by atomic mass is 31.2. The third-order valence-corrected chi connectivity index (χ3v) is 1.36. The van der Waals surface area contributed by atoms with Gasteiger partial charge in [0.1, 0.15) is 6.04 Å². The Morgan fingerprint density at radius 2 is 1.85 bits per heavy atom. The molecular weight excluding hydrogens is 201 g/mol. The van der Waals surface area contributed by atoms with E-state index in [2.05, 4.69) is 5.32 Å². The number of carboxylic acids is 1. The summed E-state index contributed by atoms with van der Waals surface area (Å²) in [5.74, 6) is -0.720. The quantitative estimate of drug-likeness (QED) is 0.349. The van der Waals surface area contributed by atoms with Crippen molar-refractivity contribution in [2.75, 3.05) is 6.54 Å². The lowest BCUT2D eigenvalue weighted by molar-refractivity contribution is -0.139. The molecule has 0 amide bonds. The van der Waals surface area contributed by atoms with Gasteiger partial charge in [-0.05, 0) is 19.4 Å². The van der Waals surface area contributed by atoms with E-state index in [0.717, 1.165) is 19.4 Å². The van der Waals surface area contributed by atoms with Crippen LogP contribution >= 0.6 is 7.82 Å². The number of nitrogens with one attached hydrogen (secondary N) is 1. The second-order valence-corrected chi connectivity index (χ2v) is 3.53. The van der Waals surface area contributed by atoms with Gasteiger partial charge in [-0.15, -0.1) is 0 Å².